The molecule has 1 nitrogen and oxygen atoms in total. The molecule has 0 radical (unpaired) electrons. The third-order valence-electron chi connectivity index (χ3n) is 9.62. The monoisotopic (exact) mass is 654 g/mol. The fourth-order valence-corrected chi connectivity index (χ4v) is 6.52. The van der Waals surface area contributed by atoms with Gasteiger partial charge in [0.2, 0.25) is 0 Å². The van der Waals surface area contributed by atoms with Crippen LogP contribution < -0.4 is 0 Å². The SMILES string of the molecule is CCCCCCCCCCc1ccc(-c2ccc(/C(C)=C/C=C(\C(F)=C(/C)F)C3CCC(CCCCCCC)OC3)cc2)c(F)c1F. The quantitative estimate of drug-likeness (QED) is 0.0784. The highest BCUT2D eigenvalue weighted by atomic mass is 19.2. The van der Waals surface area contributed by atoms with Crippen LogP contribution in [0.2, 0.25) is 0 Å². The van der Waals surface area contributed by atoms with E-state index < -0.39 is 23.3 Å². The van der Waals surface area contributed by atoms with Gasteiger partial charge in [-0.1, -0.05) is 139 Å². The van der Waals surface area contributed by atoms with Crippen LogP contribution in [-0.4, -0.2) is 12.7 Å². The molecule has 5 heteroatoms. The number of unbranched alkanes of at least 4 members (excludes halogenated alkanes) is 11. The highest BCUT2D eigenvalue weighted by Crippen LogP contribution is 2.34. The summed E-state index contributed by atoms with van der Waals surface area (Å²) in [7, 11) is 0. The van der Waals surface area contributed by atoms with Crippen molar-refractivity contribution in [1.29, 1.82) is 0 Å². The standard InChI is InChI=1S/C42H58F4O/c1-5-7-9-11-12-13-15-16-18-35-26-29-38(42(46)41(35)45)34-23-21-33(22-24-34)31(3)20-28-39(40(44)32(4)43)36-25-27-37(47-30-36)19-17-14-10-8-6-2/h20-24,26,28-29,36-37H,5-19,25,27,30H2,1-4H3/b31-20+,39-28-,40-32-. The number of benzene rings is 2. The fraction of sp³-hybridized carbons (Fsp3) is 0.571. The van der Waals surface area contributed by atoms with Gasteiger partial charge < -0.3 is 4.74 Å². The molecule has 0 aromatic heterocycles. The first-order valence-electron chi connectivity index (χ1n) is 18.4. The number of rotatable bonds is 20. The first-order chi connectivity index (χ1) is 22.8. The van der Waals surface area contributed by atoms with Gasteiger partial charge in [0.25, 0.3) is 0 Å². The van der Waals surface area contributed by atoms with Gasteiger partial charge in [0, 0.05) is 11.5 Å². The third kappa shape index (κ3) is 12.7. The van der Waals surface area contributed by atoms with Gasteiger partial charge in [0.05, 0.1) is 12.7 Å². The average molecular weight is 655 g/mol. The lowest BCUT2D eigenvalue weighted by Crippen LogP contribution is -2.27. The molecule has 1 aliphatic heterocycles. The molecular formula is C42H58F4O. The van der Waals surface area contributed by atoms with Gasteiger partial charge in [-0.25, -0.2) is 17.6 Å². The Balaban J connectivity index is 1.61. The van der Waals surface area contributed by atoms with E-state index in [0.29, 0.717) is 29.7 Å². The smallest absolute Gasteiger partial charge is 0.166 e. The summed E-state index contributed by atoms with van der Waals surface area (Å²) in [6, 6.07) is 10.6. The summed E-state index contributed by atoms with van der Waals surface area (Å²) >= 11 is 0. The zero-order chi connectivity index (χ0) is 34.0. The molecule has 1 saturated heterocycles. The van der Waals surface area contributed by atoms with Gasteiger partial charge in [-0.15, -0.1) is 0 Å². The van der Waals surface area contributed by atoms with Crippen LogP contribution in [0.1, 0.15) is 142 Å². The lowest BCUT2D eigenvalue weighted by atomic mass is 9.88. The van der Waals surface area contributed by atoms with E-state index in [4.69, 9.17) is 4.74 Å². The fourth-order valence-electron chi connectivity index (χ4n) is 6.52. The Morgan fingerprint density at radius 2 is 1.34 bits per heavy atom. The topological polar surface area (TPSA) is 9.23 Å². The predicted molar refractivity (Wildman–Crippen MR) is 191 cm³/mol. The second-order valence-corrected chi connectivity index (χ2v) is 13.5. The molecule has 260 valence electrons. The van der Waals surface area contributed by atoms with Crippen molar-refractivity contribution in [3.63, 3.8) is 0 Å². The Morgan fingerprint density at radius 3 is 1.94 bits per heavy atom. The Labute approximate surface area is 282 Å². The van der Waals surface area contributed by atoms with Gasteiger partial charge in [0.1, 0.15) is 5.83 Å². The summed E-state index contributed by atoms with van der Waals surface area (Å²) in [4.78, 5) is 0. The molecule has 0 aliphatic carbocycles. The molecule has 2 aromatic rings. The van der Waals surface area contributed by atoms with Gasteiger partial charge in [-0.3, -0.25) is 0 Å². The summed E-state index contributed by atoms with van der Waals surface area (Å²) in [5.41, 5.74) is 3.30. The maximum Gasteiger partial charge on any atom is 0.166 e. The average Bonchev–Trinajstić information content (AvgIpc) is 3.08. The molecule has 2 aromatic carbocycles. The molecule has 3 rings (SSSR count). The second kappa shape index (κ2) is 21.3. The number of halogens is 4. The number of aryl methyl sites for hydroxylation is 1. The van der Waals surface area contributed by atoms with Crippen molar-refractivity contribution in [1.82, 2.24) is 0 Å². The maximum atomic E-state index is 15.1. The zero-order valence-electron chi connectivity index (χ0n) is 29.4. The summed E-state index contributed by atoms with van der Waals surface area (Å²) in [6.07, 6.45) is 22.2. The summed E-state index contributed by atoms with van der Waals surface area (Å²) in [5, 5.41) is 0. The zero-order valence-corrected chi connectivity index (χ0v) is 29.4. The van der Waals surface area contributed by atoms with Crippen LogP contribution in [0.25, 0.3) is 16.7 Å². The molecule has 0 saturated carbocycles. The second-order valence-electron chi connectivity index (χ2n) is 13.5. The minimum atomic E-state index is -0.831. The highest BCUT2D eigenvalue weighted by Gasteiger charge is 2.27. The summed E-state index contributed by atoms with van der Waals surface area (Å²) < 4.78 is 65.3. The highest BCUT2D eigenvalue weighted by molar-refractivity contribution is 5.71. The molecule has 0 bridgehead atoms. The lowest BCUT2D eigenvalue weighted by Gasteiger charge is -2.30. The Morgan fingerprint density at radius 1 is 0.723 bits per heavy atom. The number of hydrogen-bond donors (Lipinski definition) is 0. The molecule has 1 aliphatic rings. The number of allylic oxidation sites excluding steroid dienone is 5. The molecule has 0 N–H and O–H groups in total. The molecular weight excluding hydrogens is 596 g/mol. The molecule has 1 fully saturated rings. The van der Waals surface area contributed by atoms with Crippen LogP contribution in [-0.2, 0) is 11.2 Å². The Hall–Kier alpha value is -2.66. The van der Waals surface area contributed by atoms with Crippen LogP contribution in [0.15, 0.2) is 65.8 Å². The van der Waals surface area contributed by atoms with Crippen LogP contribution in [0.5, 0.6) is 0 Å². The van der Waals surface area contributed by atoms with E-state index in [9.17, 15) is 8.78 Å². The predicted octanol–water partition coefficient (Wildman–Crippen LogP) is 14.0. The van der Waals surface area contributed by atoms with Crippen LogP contribution in [0.3, 0.4) is 0 Å². The molecule has 0 spiro atoms. The summed E-state index contributed by atoms with van der Waals surface area (Å²) in [6.45, 7) is 7.85. The van der Waals surface area contributed by atoms with Crippen molar-refractivity contribution in [2.75, 3.05) is 6.61 Å². The molecule has 1 heterocycles. The van der Waals surface area contributed by atoms with Gasteiger partial charge >= 0.3 is 0 Å². The van der Waals surface area contributed by atoms with Gasteiger partial charge in [-0.2, -0.15) is 0 Å². The van der Waals surface area contributed by atoms with E-state index in [2.05, 4.69) is 13.8 Å². The van der Waals surface area contributed by atoms with Crippen LogP contribution in [0, 0.1) is 17.6 Å². The van der Waals surface area contributed by atoms with Gasteiger partial charge in [-0.05, 0) is 73.8 Å². The van der Waals surface area contributed by atoms with Crippen LogP contribution in [0.4, 0.5) is 17.6 Å². The number of ether oxygens (including phenoxy) is 1. The van der Waals surface area contributed by atoms with Crippen LogP contribution >= 0.6 is 0 Å². The third-order valence-corrected chi connectivity index (χ3v) is 9.62. The van der Waals surface area contributed by atoms with Crippen molar-refractivity contribution >= 4 is 5.57 Å². The van der Waals surface area contributed by atoms with Crippen molar-refractivity contribution < 1.29 is 22.3 Å². The summed E-state index contributed by atoms with van der Waals surface area (Å²) in [5.74, 6) is -3.43. The minimum absolute atomic E-state index is 0.188. The van der Waals surface area contributed by atoms with Crippen molar-refractivity contribution in [3.05, 3.63) is 88.5 Å². The van der Waals surface area contributed by atoms with Gasteiger partial charge in [0.15, 0.2) is 17.5 Å². The van der Waals surface area contributed by atoms with Crippen molar-refractivity contribution in [3.8, 4) is 11.1 Å². The van der Waals surface area contributed by atoms with E-state index in [1.807, 2.05) is 19.1 Å². The first kappa shape index (κ1) is 38.8. The number of hydrogen-bond acceptors (Lipinski definition) is 1. The van der Waals surface area contributed by atoms with E-state index in [1.165, 1.54) is 57.8 Å². The van der Waals surface area contributed by atoms with E-state index in [0.717, 1.165) is 63.0 Å². The molecule has 2 atom stereocenters. The van der Waals surface area contributed by atoms with Crippen molar-refractivity contribution in [2.45, 2.75) is 143 Å². The molecule has 2 unspecified atom stereocenters. The first-order valence-corrected chi connectivity index (χ1v) is 18.4. The molecule has 0 amide bonds. The molecule has 47 heavy (non-hydrogen) atoms. The largest absolute Gasteiger partial charge is 0.378 e. The Kier molecular flexibility index (Phi) is 17.6. The van der Waals surface area contributed by atoms with E-state index in [-0.39, 0.29) is 17.6 Å². The maximum absolute atomic E-state index is 15.1. The van der Waals surface area contributed by atoms with E-state index in [1.54, 1.807) is 36.4 Å². The van der Waals surface area contributed by atoms with Crippen molar-refractivity contribution in [2.24, 2.45) is 5.92 Å². The van der Waals surface area contributed by atoms with E-state index >= 15 is 8.78 Å². The Bertz CT molecular complexity index is 1290. The lowest BCUT2D eigenvalue weighted by molar-refractivity contribution is -0.0121. The minimum Gasteiger partial charge on any atom is -0.378 e. The normalized spacial score (nSPS) is 18.0.